The smallest absolute Gasteiger partial charge is 0.310 e. The number of carboxylic acids is 1. The van der Waals surface area contributed by atoms with Gasteiger partial charge in [-0.15, -0.1) is 6.58 Å². The lowest BCUT2D eigenvalue weighted by molar-refractivity contribution is -0.157. The van der Waals surface area contributed by atoms with Crippen LogP contribution in [0.1, 0.15) is 40.0 Å². The molecule has 0 aliphatic heterocycles. The monoisotopic (exact) mass is 196 g/mol. The van der Waals surface area contributed by atoms with E-state index >= 15 is 0 Å². The largest absolute Gasteiger partial charge is 0.481 e. The average molecular weight is 196 g/mol. The molecule has 80 valence electrons. The number of carboxylic acid groups (broad SMARTS) is 1. The molecule has 0 aromatic heterocycles. The summed E-state index contributed by atoms with van der Waals surface area (Å²) < 4.78 is 0. The highest BCUT2D eigenvalue weighted by molar-refractivity contribution is 5.77. The number of hydrogen-bond acceptors (Lipinski definition) is 1. The molecule has 0 saturated heterocycles. The fourth-order valence-electron chi connectivity index (χ4n) is 2.91. The van der Waals surface area contributed by atoms with E-state index in [1.807, 2.05) is 20.8 Å². The minimum atomic E-state index is -0.660. The van der Waals surface area contributed by atoms with E-state index in [1.54, 1.807) is 6.08 Å². The fourth-order valence-corrected chi connectivity index (χ4v) is 2.91. The maximum Gasteiger partial charge on any atom is 0.310 e. The van der Waals surface area contributed by atoms with Gasteiger partial charge in [-0.25, -0.2) is 0 Å². The van der Waals surface area contributed by atoms with Crippen molar-refractivity contribution in [3.63, 3.8) is 0 Å². The lowest BCUT2D eigenvalue weighted by Gasteiger charge is -2.42. The van der Waals surface area contributed by atoms with Crippen molar-refractivity contribution in [3.8, 4) is 0 Å². The predicted octanol–water partition coefficient (Wildman–Crippen LogP) is 3.09. The molecule has 1 rings (SSSR count). The molecule has 1 N–H and O–H groups in total. The minimum absolute atomic E-state index is 0.244. The number of allylic oxidation sites excluding steroid dienone is 1. The Hall–Kier alpha value is -0.790. The Bertz CT molecular complexity index is 255. The van der Waals surface area contributed by atoms with Crippen LogP contribution in [0.3, 0.4) is 0 Å². The molecule has 0 aromatic rings. The molecule has 1 aliphatic rings. The number of hydrogen-bond donors (Lipinski definition) is 1. The summed E-state index contributed by atoms with van der Waals surface area (Å²) in [5.74, 6) is -0.416. The molecule has 1 aliphatic carbocycles. The van der Waals surface area contributed by atoms with Crippen molar-refractivity contribution < 1.29 is 9.90 Å². The quantitative estimate of drug-likeness (QED) is 0.704. The van der Waals surface area contributed by atoms with Gasteiger partial charge in [-0.3, -0.25) is 4.79 Å². The highest BCUT2D eigenvalue weighted by atomic mass is 16.4. The Morgan fingerprint density at radius 1 is 1.64 bits per heavy atom. The van der Waals surface area contributed by atoms with E-state index in [2.05, 4.69) is 6.58 Å². The molecular formula is C12H20O2. The van der Waals surface area contributed by atoms with Crippen molar-refractivity contribution >= 4 is 5.97 Å². The van der Waals surface area contributed by atoms with Crippen LogP contribution in [-0.2, 0) is 4.79 Å². The molecule has 2 heteroatoms. The van der Waals surface area contributed by atoms with E-state index in [0.29, 0.717) is 0 Å². The Morgan fingerprint density at radius 3 is 2.50 bits per heavy atom. The summed E-state index contributed by atoms with van der Waals surface area (Å²) in [6.07, 6.45) is 4.61. The molecule has 0 unspecified atom stereocenters. The van der Waals surface area contributed by atoms with Gasteiger partial charge in [-0.05, 0) is 24.2 Å². The summed E-state index contributed by atoms with van der Waals surface area (Å²) in [6, 6.07) is 0. The van der Waals surface area contributed by atoms with Crippen LogP contribution in [0.25, 0.3) is 0 Å². The third-order valence-corrected chi connectivity index (χ3v) is 4.09. The molecule has 0 amide bonds. The maximum atomic E-state index is 11.5. The molecule has 0 heterocycles. The van der Waals surface area contributed by atoms with Crippen molar-refractivity contribution in [2.24, 2.45) is 16.7 Å². The van der Waals surface area contributed by atoms with Crippen molar-refractivity contribution in [1.29, 1.82) is 0 Å². The normalized spacial score (nSPS) is 32.9. The number of rotatable bonds is 3. The van der Waals surface area contributed by atoms with E-state index < -0.39 is 11.4 Å². The van der Waals surface area contributed by atoms with Crippen molar-refractivity contribution in [2.45, 2.75) is 40.0 Å². The highest BCUT2D eigenvalue weighted by Crippen LogP contribution is 2.55. The molecule has 14 heavy (non-hydrogen) atoms. The second kappa shape index (κ2) is 3.41. The first-order valence-corrected chi connectivity index (χ1v) is 5.25. The fraction of sp³-hybridized carbons (Fsp3) is 0.750. The van der Waals surface area contributed by atoms with Gasteiger partial charge < -0.3 is 5.11 Å². The third kappa shape index (κ3) is 1.28. The average Bonchev–Trinajstić information content (AvgIpc) is 2.48. The molecule has 0 spiro atoms. The van der Waals surface area contributed by atoms with Gasteiger partial charge in [0, 0.05) is 0 Å². The van der Waals surface area contributed by atoms with Crippen LogP contribution in [0, 0.1) is 16.7 Å². The van der Waals surface area contributed by atoms with Gasteiger partial charge in [0.15, 0.2) is 0 Å². The van der Waals surface area contributed by atoms with Crippen molar-refractivity contribution in [1.82, 2.24) is 0 Å². The molecule has 1 fully saturated rings. The minimum Gasteiger partial charge on any atom is -0.481 e. The van der Waals surface area contributed by atoms with Crippen LogP contribution in [0.2, 0.25) is 0 Å². The zero-order chi connectivity index (χ0) is 11.0. The van der Waals surface area contributed by atoms with Crippen LogP contribution < -0.4 is 0 Å². The van der Waals surface area contributed by atoms with Gasteiger partial charge >= 0.3 is 5.97 Å². The van der Waals surface area contributed by atoms with Crippen LogP contribution >= 0.6 is 0 Å². The van der Waals surface area contributed by atoms with Crippen molar-refractivity contribution in [2.75, 3.05) is 0 Å². The topological polar surface area (TPSA) is 37.3 Å². The van der Waals surface area contributed by atoms with E-state index in [-0.39, 0.29) is 11.3 Å². The summed E-state index contributed by atoms with van der Waals surface area (Å²) in [7, 11) is 0. The summed E-state index contributed by atoms with van der Waals surface area (Å²) in [4.78, 5) is 11.5. The SMILES string of the molecule is C=CC(C)(C)[C@]1(C(=O)O)CCC[C@H]1C. The summed E-state index contributed by atoms with van der Waals surface area (Å²) in [5.41, 5.74) is -0.927. The van der Waals surface area contributed by atoms with Crippen LogP contribution in [0.5, 0.6) is 0 Å². The van der Waals surface area contributed by atoms with Gasteiger partial charge in [0.05, 0.1) is 5.41 Å². The van der Waals surface area contributed by atoms with E-state index in [0.717, 1.165) is 19.3 Å². The maximum absolute atomic E-state index is 11.5. The first kappa shape index (κ1) is 11.3. The Balaban J connectivity index is 3.17. The van der Waals surface area contributed by atoms with E-state index in [1.165, 1.54) is 0 Å². The van der Waals surface area contributed by atoms with Gasteiger partial charge in [-0.2, -0.15) is 0 Å². The Kier molecular flexibility index (Phi) is 2.75. The van der Waals surface area contributed by atoms with Crippen LogP contribution in [-0.4, -0.2) is 11.1 Å². The number of carbonyl (C=O) groups is 1. The first-order chi connectivity index (χ1) is 6.38. The van der Waals surface area contributed by atoms with Gasteiger partial charge in [0.2, 0.25) is 0 Å². The summed E-state index contributed by atoms with van der Waals surface area (Å²) in [5, 5.41) is 9.45. The molecule has 0 radical (unpaired) electrons. The zero-order valence-electron chi connectivity index (χ0n) is 9.34. The summed E-state index contributed by atoms with van der Waals surface area (Å²) in [6.45, 7) is 9.79. The van der Waals surface area contributed by atoms with E-state index in [4.69, 9.17) is 0 Å². The van der Waals surface area contributed by atoms with Gasteiger partial charge in [0.25, 0.3) is 0 Å². The molecule has 2 atom stereocenters. The van der Waals surface area contributed by atoms with Crippen LogP contribution in [0.15, 0.2) is 12.7 Å². The molecular weight excluding hydrogens is 176 g/mol. The molecule has 0 bridgehead atoms. The van der Waals surface area contributed by atoms with Gasteiger partial charge in [-0.1, -0.05) is 33.3 Å². The zero-order valence-corrected chi connectivity index (χ0v) is 9.34. The second-order valence-electron chi connectivity index (χ2n) is 5.00. The van der Waals surface area contributed by atoms with Gasteiger partial charge in [0.1, 0.15) is 0 Å². The highest BCUT2D eigenvalue weighted by Gasteiger charge is 2.55. The second-order valence-corrected chi connectivity index (χ2v) is 5.00. The Labute approximate surface area is 86.0 Å². The lowest BCUT2D eigenvalue weighted by Crippen LogP contribution is -2.45. The first-order valence-electron chi connectivity index (χ1n) is 5.25. The third-order valence-electron chi connectivity index (χ3n) is 4.09. The van der Waals surface area contributed by atoms with Crippen molar-refractivity contribution in [3.05, 3.63) is 12.7 Å². The number of aliphatic carboxylic acids is 1. The molecule has 1 saturated carbocycles. The standard InChI is InChI=1S/C12H20O2/c1-5-11(3,4)12(10(13)14)8-6-7-9(12)2/h5,9H,1,6-8H2,2-4H3,(H,13,14)/t9-,12-/m1/s1. The van der Waals surface area contributed by atoms with Crippen LogP contribution in [0.4, 0.5) is 0 Å². The molecule has 0 aromatic carbocycles. The molecule has 2 nitrogen and oxygen atoms in total. The van der Waals surface area contributed by atoms with E-state index in [9.17, 15) is 9.90 Å². The Morgan fingerprint density at radius 2 is 2.21 bits per heavy atom. The lowest BCUT2D eigenvalue weighted by atomic mass is 9.60. The predicted molar refractivity (Wildman–Crippen MR) is 57.1 cm³/mol. The summed E-state index contributed by atoms with van der Waals surface area (Å²) >= 11 is 0.